The molecule has 1 fully saturated rings. The van der Waals surface area contributed by atoms with Crippen molar-refractivity contribution in [3.8, 4) is 12.3 Å². The molecular weight excluding hydrogens is 434 g/mol. The molecule has 4 amide bonds. The average Bonchev–Trinajstić information content (AvgIpc) is 3.03. The minimum Gasteiger partial charge on any atom is -0.335 e. The predicted octanol–water partition coefficient (Wildman–Crippen LogP) is 3.70. The number of amides is 4. The van der Waals surface area contributed by atoms with Crippen molar-refractivity contribution < 1.29 is 14.4 Å². The Kier molecular flexibility index (Phi) is 4.79. The number of nitrogens with one attached hydrogen (secondary N) is 1. The lowest BCUT2D eigenvalue weighted by Gasteiger charge is -2.26. The van der Waals surface area contributed by atoms with E-state index in [0.29, 0.717) is 22.3 Å². The van der Waals surface area contributed by atoms with E-state index in [4.69, 9.17) is 6.42 Å². The van der Waals surface area contributed by atoms with E-state index in [1.807, 2.05) is 28.8 Å². The van der Waals surface area contributed by atoms with Gasteiger partial charge in [-0.3, -0.25) is 14.9 Å². The molecule has 0 saturated carbocycles. The van der Waals surface area contributed by atoms with Crippen molar-refractivity contribution in [3.05, 3.63) is 70.3 Å². The number of hydrogen-bond donors (Lipinski definition) is 1. The number of rotatable bonds is 3. The van der Waals surface area contributed by atoms with Gasteiger partial charge in [-0.2, -0.15) is 0 Å². The van der Waals surface area contributed by atoms with E-state index < -0.39 is 17.8 Å². The van der Waals surface area contributed by atoms with Gasteiger partial charge >= 0.3 is 6.03 Å². The number of fused-ring (bicyclic) bond motifs is 1. The number of terminal acetylenes is 1. The number of para-hydroxylation sites is 1. The molecule has 0 atom stereocenters. The first-order valence-corrected chi connectivity index (χ1v) is 9.47. The average molecular weight is 448 g/mol. The van der Waals surface area contributed by atoms with Gasteiger partial charge in [0.15, 0.2) is 0 Å². The van der Waals surface area contributed by atoms with Crippen molar-refractivity contribution in [2.75, 3.05) is 4.90 Å². The normalized spacial score (nSPS) is 15.7. The molecule has 29 heavy (non-hydrogen) atoms. The van der Waals surface area contributed by atoms with Crippen LogP contribution in [0.2, 0.25) is 0 Å². The van der Waals surface area contributed by atoms with Crippen molar-refractivity contribution >= 4 is 56.4 Å². The summed E-state index contributed by atoms with van der Waals surface area (Å²) < 4.78 is 2.57. The maximum atomic E-state index is 13.1. The number of urea groups is 1. The summed E-state index contributed by atoms with van der Waals surface area (Å²) in [7, 11) is 0. The molecule has 0 spiro atoms. The number of aromatic nitrogens is 1. The molecule has 3 aromatic rings. The Bertz CT molecular complexity index is 1250. The third-order valence-electron chi connectivity index (χ3n) is 4.55. The molecule has 2 heterocycles. The number of hydrogen-bond acceptors (Lipinski definition) is 3. The molecule has 0 bridgehead atoms. The van der Waals surface area contributed by atoms with E-state index in [-0.39, 0.29) is 5.57 Å². The van der Waals surface area contributed by atoms with Gasteiger partial charge in [0.2, 0.25) is 0 Å². The number of nitrogens with zero attached hydrogens (tertiary/aromatic N) is 2. The Balaban J connectivity index is 1.82. The smallest absolute Gasteiger partial charge is 0.335 e. The second-order valence-corrected chi connectivity index (χ2v) is 7.29. The van der Waals surface area contributed by atoms with Crippen molar-refractivity contribution in [1.82, 2.24) is 9.88 Å². The number of imide groups is 2. The lowest BCUT2D eigenvalue weighted by molar-refractivity contribution is -0.122. The zero-order valence-corrected chi connectivity index (χ0v) is 16.6. The third kappa shape index (κ3) is 3.35. The Morgan fingerprint density at radius 1 is 1.10 bits per heavy atom. The topological polar surface area (TPSA) is 71.4 Å². The summed E-state index contributed by atoms with van der Waals surface area (Å²) in [5.41, 5.74) is 1.78. The standard InChI is InChI=1S/C22H14BrN3O3/c1-2-10-25-13-14(17-8-3-4-9-19(17)25)11-18-20(27)24-22(29)26(21(18)28)16-7-5-6-15(23)12-16/h1,3-9,11-13H,10H2,(H,24,27,29). The molecule has 1 N–H and O–H groups in total. The first kappa shape index (κ1) is 18.7. The largest absolute Gasteiger partial charge is 0.335 e. The van der Waals surface area contributed by atoms with Crippen LogP contribution in [0.1, 0.15) is 5.56 Å². The molecule has 1 aromatic heterocycles. The van der Waals surface area contributed by atoms with Gasteiger partial charge < -0.3 is 4.57 Å². The van der Waals surface area contributed by atoms with Crippen molar-refractivity contribution in [1.29, 1.82) is 0 Å². The Hall–Kier alpha value is -3.63. The van der Waals surface area contributed by atoms with E-state index in [1.165, 1.54) is 6.08 Å². The van der Waals surface area contributed by atoms with Crippen LogP contribution >= 0.6 is 15.9 Å². The van der Waals surface area contributed by atoms with Crippen molar-refractivity contribution in [2.24, 2.45) is 0 Å². The fourth-order valence-corrected chi connectivity index (χ4v) is 3.67. The molecule has 1 aliphatic rings. The van der Waals surface area contributed by atoms with E-state index >= 15 is 0 Å². The predicted molar refractivity (Wildman–Crippen MR) is 114 cm³/mol. The number of barbiturate groups is 1. The minimum absolute atomic E-state index is 0.131. The molecule has 142 valence electrons. The van der Waals surface area contributed by atoms with E-state index in [9.17, 15) is 14.4 Å². The lowest BCUT2D eigenvalue weighted by Crippen LogP contribution is -2.54. The highest BCUT2D eigenvalue weighted by Gasteiger charge is 2.37. The number of anilines is 1. The van der Waals surface area contributed by atoms with Crippen LogP contribution in [-0.2, 0) is 16.1 Å². The third-order valence-corrected chi connectivity index (χ3v) is 5.04. The molecule has 1 aliphatic heterocycles. The van der Waals surface area contributed by atoms with Crippen LogP contribution < -0.4 is 10.2 Å². The molecule has 6 nitrogen and oxygen atoms in total. The monoisotopic (exact) mass is 447 g/mol. The summed E-state index contributed by atoms with van der Waals surface area (Å²) in [6.07, 6.45) is 8.73. The van der Waals surface area contributed by atoms with Crippen LogP contribution in [-0.4, -0.2) is 22.4 Å². The summed E-state index contributed by atoms with van der Waals surface area (Å²) in [4.78, 5) is 38.8. The van der Waals surface area contributed by atoms with Gasteiger partial charge in [-0.1, -0.05) is 46.1 Å². The molecule has 2 aromatic carbocycles. The van der Waals surface area contributed by atoms with Crippen LogP contribution in [0.3, 0.4) is 0 Å². The highest BCUT2D eigenvalue weighted by molar-refractivity contribution is 9.10. The quantitative estimate of drug-likeness (QED) is 0.378. The molecule has 0 unspecified atom stereocenters. The van der Waals surface area contributed by atoms with Crippen LogP contribution in [0.4, 0.5) is 10.5 Å². The van der Waals surface area contributed by atoms with Crippen molar-refractivity contribution in [2.45, 2.75) is 6.54 Å². The fraction of sp³-hybridized carbons (Fsp3) is 0.0455. The van der Waals surface area contributed by atoms with Crippen LogP contribution in [0, 0.1) is 12.3 Å². The molecule has 1 saturated heterocycles. The van der Waals surface area contributed by atoms with Gasteiger partial charge in [-0.25, -0.2) is 9.69 Å². The second-order valence-electron chi connectivity index (χ2n) is 6.37. The second kappa shape index (κ2) is 7.41. The van der Waals surface area contributed by atoms with Gasteiger partial charge in [0, 0.05) is 27.1 Å². The molecule has 0 radical (unpaired) electrons. The first-order valence-electron chi connectivity index (χ1n) is 8.68. The number of carbonyl (C=O) groups is 3. The van der Waals surface area contributed by atoms with Crippen LogP contribution in [0.15, 0.2) is 64.8 Å². The summed E-state index contributed by atoms with van der Waals surface area (Å²) in [5.74, 6) is 1.16. The van der Waals surface area contributed by atoms with E-state index in [1.54, 1.807) is 30.5 Å². The number of halogens is 1. The molecule has 4 rings (SSSR count). The van der Waals surface area contributed by atoms with Gasteiger partial charge in [0.05, 0.1) is 12.2 Å². The summed E-state index contributed by atoms with van der Waals surface area (Å²) in [6, 6.07) is 13.5. The van der Waals surface area contributed by atoms with Gasteiger partial charge in [0.25, 0.3) is 11.8 Å². The Morgan fingerprint density at radius 3 is 2.66 bits per heavy atom. The van der Waals surface area contributed by atoms with Gasteiger partial charge in [-0.15, -0.1) is 6.42 Å². The first-order chi connectivity index (χ1) is 14.0. The summed E-state index contributed by atoms with van der Waals surface area (Å²) in [5, 5.41) is 3.08. The molecular formula is C22H14BrN3O3. The lowest BCUT2D eigenvalue weighted by atomic mass is 10.1. The van der Waals surface area contributed by atoms with Gasteiger partial charge in [-0.05, 0) is 30.3 Å². The van der Waals surface area contributed by atoms with Crippen LogP contribution in [0.5, 0.6) is 0 Å². The Labute approximate surface area is 174 Å². The highest BCUT2D eigenvalue weighted by Crippen LogP contribution is 2.27. The molecule has 0 aliphatic carbocycles. The summed E-state index contributed by atoms with van der Waals surface area (Å²) >= 11 is 3.32. The van der Waals surface area contributed by atoms with Crippen molar-refractivity contribution in [3.63, 3.8) is 0 Å². The minimum atomic E-state index is -0.787. The zero-order chi connectivity index (χ0) is 20.5. The molecule has 7 heteroatoms. The van der Waals surface area contributed by atoms with E-state index in [0.717, 1.165) is 15.8 Å². The Morgan fingerprint density at radius 2 is 1.90 bits per heavy atom. The maximum Gasteiger partial charge on any atom is 0.335 e. The highest BCUT2D eigenvalue weighted by atomic mass is 79.9. The summed E-state index contributed by atoms with van der Waals surface area (Å²) in [6.45, 7) is 0.354. The fourth-order valence-electron chi connectivity index (χ4n) is 3.28. The van der Waals surface area contributed by atoms with E-state index in [2.05, 4.69) is 27.2 Å². The van der Waals surface area contributed by atoms with Crippen LogP contribution in [0.25, 0.3) is 17.0 Å². The maximum absolute atomic E-state index is 13.1. The SMILES string of the molecule is C#CCn1cc(C=C2C(=O)NC(=O)N(c3cccc(Br)c3)C2=O)c2ccccc21. The number of carbonyl (C=O) groups excluding carboxylic acids is 3. The van der Waals surface area contributed by atoms with Gasteiger partial charge in [0.1, 0.15) is 5.57 Å². The zero-order valence-electron chi connectivity index (χ0n) is 15.1. The number of benzene rings is 2.